The second-order valence-electron chi connectivity index (χ2n) is 3.59. The molecule has 3 rings (SSSR count). The van der Waals surface area contributed by atoms with Crippen molar-refractivity contribution in [1.29, 1.82) is 0 Å². The summed E-state index contributed by atoms with van der Waals surface area (Å²) < 4.78 is 6.73. The van der Waals surface area contributed by atoms with Gasteiger partial charge < -0.3 is 9.72 Å². The van der Waals surface area contributed by atoms with Gasteiger partial charge in [0.15, 0.2) is 0 Å². The predicted octanol–water partition coefficient (Wildman–Crippen LogP) is 3.07. The van der Waals surface area contributed by atoms with Crippen molar-refractivity contribution in [3.05, 3.63) is 32.4 Å². The molecule has 0 aliphatic carbocycles. The molecule has 1 aliphatic rings. The fraction of sp³-hybridized carbons (Fsp3) is 0.300. The quantitative estimate of drug-likeness (QED) is 0.874. The van der Waals surface area contributed by atoms with Gasteiger partial charge in [-0.15, -0.1) is 11.3 Å². The molecule has 3 heterocycles. The van der Waals surface area contributed by atoms with Crippen LogP contribution in [0.15, 0.2) is 16.0 Å². The lowest BCUT2D eigenvalue weighted by Crippen LogP contribution is -2.04. The van der Waals surface area contributed by atoms with E-state index in [1.807, 2.05) is 19.2 Å². The normalized spacial score (nSPS) is 18.9. The number of aromatic amines is 1. The van der Waals surface area contributed by atoms with Gasteiger partial charge in [0.05, 0.1) is 14.6 Å². The minimum atomic E-state index is 0.269. The largest absolute Gasteiger partial charge is 0.491 e. The summed E-state index contributed by atoms with van der Waals surface area (Å²) in [6, 6.07) is 2.02. The van der Waals surface area contributed by atoms with Crippen LogP contribution in [0.4, 0.5) is 0 Å². The minimum absolute atomic E-state index is 0.269. The predicted molar refractivity (Wildman–Crippen MR) is 62.7 cm³/mol. The van der Waals surface area contributed by atoms with Gasteiger partial charge in [0.25, 0.3) is 0 Å². The molecule has 0 saturated carbocycles. The van der Waals surface area contributed by atoms with Gasteiger partial charge in [-0.1, -0.05) is 0 Å². The van der Waals surface area contributed by atoms with Crippen molar-refractivity contribution in [2.45, 2.75) is 12.8 Å². The molecule has 1 aliphatic heterocycles. The number of nitrogens with zero attached hydrogens (tertiary/aromatic N) is 1. The summed E-state index contributed by atoms with van der Waals surface area (Å²) in [6.07, 6.45) is 1.86. The fourth-order valence-electron chi connectivity index (χ4n) is 1.78. The summed E-state index contributed by atoms with van der Waals surface area (Å²) in [5.41, 5.74) is 1.09. The average molecular weight is 285 g/mol. The minimum Gasteiger partial charge on any atom is -0.491 e. The van der Waals surface area contributed by atoms with E-state index in [9.17, 15) is 0 Å². The Morgan fingerprint density at radius 2 is 2.53 bits per heavy atom. The SMILES string of the molecule is Cc1cnc(C2COc3cc(Br)sc32)[nH]1. The van der Waals surface area contributed by atoms with Crippen molar-refractivity contribution in [2.24, 2.45) is 0 Å². The molecule has 78 valence electrons. The molecule has 0 aromatic carbocycles. The molecule has 1 N–H and O–H groups in total. The van der Waals surface area contributed by atoms with Crippen LogP contribution in [0.1, 0.15) is 22.3 Å². The molecule has 3 nitrogen and oxygen atoms in total. The molecule has 0 bridgehead atoms. The summed E-state index contributed by atoms with van der Waals surface area (Å²) >= 11 is 5.19. The summed E-state index contributed by atoms with van der Waals surface area (Å²) in [6.45, 7) is 2.71. The fourth-order valence-corrected chi connectivity index (χ4v) is 3.42. The number of hydrogen-bond donors (Lipinski definition) is 1. The van der Waals surface area contributed by atoms with Crippen LogP contribution in [-0.2, 0) is 0 Å². The highest BCUT2D eigenvalue weighted by Crippen LogP contribution is 2.44. The van der Waals surface area contributed by atoms with Crippen molar-refractivity contribution >= 4 is 27.3 Å². The Bertz CT molecular complexity index is 505. The third-order valence-electron chi connectivity index (χ3n) is 2.47. The van der Waals surface area contributed by atoms with Crippen molar-refractivity contribution in [2.75, 3.05) is 6.61 Å². The van der Waals surface area contributed by atoms with Crippen molar-refractivity contribution in [3.63, 3.8) is 0 Å². The molecule has 0 amide bonds. The van der Waals surface area contributed by atoms with Crippen LogP contribution in [0, 0.1) is 6.92 Å². The number of thiophene rings is 1. The summed E-state index contributed by atoms with van der Waals surface area (Å²) in [5.74, 6) is 2.26. The van der Waals surface area contributed by atoms with Crippen molar-refractivity contribution < 1.29 is 4.74 Å². The number of halogens is 1. The van der Waals surface area contributed by atoms with Crippen molar-refractivity contribution in [1.82, 2.24) is 9.97 Å². The van der Waals surface area contributed by atoms with Crippen LogP contribution < -0.4 is 4.74 Å². The number of aryl methyl sites for hydroxylation is 1. The van der Waals surface area contributed by atoms with E-state index in [4.69, 9.17) is 4.74 Å². The van der Waals surface area contributed by atoms with Crippen molar-refractivity contribution in [3.8, 4) is 5.75 Å². The maximum Gasteiger partial charge on any atom is 0.135 e. The second kappa shape index (κ2) is 3.35. The van der Waals surface area contributed by atoms with Gasteiger partial charge in [-0.3, -0.25) is 0 Å². The number of fused-ring (bicyclic) bond motifs is 1. The van der Waals surface area contributed by atoms with Gasteiger partial charge in [0.1, 0.15) is 18.2 Å². The number of aromatic nitrogens is 2. The zero-order chi connectivity index (χ0) is 10.4. The van der Waals surface area contributed by atoms with Gasteiger partial charge >= 0.3 is 0 Å². The van der Waals surface area contributed by atoms with E-state index in [-0.39, 0.29) is 5.92 Å². The Labute approximate surface area is 99.6 Å². The molecule has 2 aromatic heterocycles. The highest BCUT2D eigenvalue weighted by Gasteiger charge is 2.30. The standard InChI is InChI=1S/C10H9BrN2OS/c1-5-3-12-10(13-5)6-4-14-7-2-8(11)15-9(6)7/h2-3,6H,4H2,1H3,(H,12,13). The molecule has 0 fully saturated rings. The first-order valence-corrected chi connectivity index (χ1v) is 6.28. The van der Waals surface area contributed by atoms with Crippen LogP contribution >= 0.6 is 27.3 Å². The average Bonchev–Trinajstić information content (AvgIpc) is 2.80. The van der Waals surface area contributed by atoms with Crippen LogP contribution in [0.3, 0.4) is 0 Å². The topological polar surface area (TPSA) is 37.9 Å². The van der Waals surface area contributed by atoms with Crippen LogP contribution in [0.5, 0.6) is 5.75 Å². The first-order valence-electron chi connectivity index (χ1n) is 4.67. The molecular weight excluding hydrogens is 276 g/mol. The number of H-pyrrole nitrogens is 1. The molecule has 2 aromatic rings. The zero-order valence-corrected chi connectivity index (χ0v) is 10.5. The van der Waals surface area contributed by atoms with Gasteiger partial charge in [0, 0.05) is 18.0 Å². The third kappa shape index (κ3) is 1.50. The number of ether oxygens (including phenoxy) is 1. The van der Waals surface area contributed by atoms with Gasteiger partial charge in [-0.2, -0.15) is 0 Å². The molecule has 0 spiro atoms. The number of nitrogens with one attached hydrogen (secondary N) is 1. The van der Waals surface area contributed by atoms with Gasteiger partial charge in [0.2, 0.25) is 0 Å². The molecule has 1 atom stereocenters. The summed E-state index contributed by atoms with van der Waals surface area (Å²) in [5, 5.41) is 0. The number of hydrogen-bond acceptors (Lipinski definition) is 3. The Morgan fingerprint density at radius 1 is 1.67 bits per heavy atom. The monoisotopic (exact) mass is 284 g/mol. The maximum atomic E-state index is 5.62. The summed E-state index contributed by atoms with van der Waals surface area (Å²) in [7, 11) is 0. The van der Waals surface area contributed by atoms with E-state index in [1.165, 1.54) is 4.88 Å². The van der Waals surface area contributed by atoms with E-state index in [1.54, 1.807) is 11.3 Å². The van der Waals surface area contributed by atoms with E-state index >= 15 is 0 Å². The molecule has 0 radical (unpaired) electrons. The summed E-state index contributed by atoms with van der Waals surface area (Å²) in [4.78, 5) is 8.89. The molecule has 1 unspecified atom stereocenters. The van der Waals surface area contributed by atoms with E-state index < -0.39 is 0 Å². The van der Waals surface area contributed by atoms with Gasteiger partial charge in [-0.25, -0.2) is 4.98 Å². The zero-order valence-electron chi connectivity index (χ0n) is 8.08. The number of rotatable bonds is 1. The molecule has 5 heteroatoms. The van der Waals surface area contributed by atoms with E-state index in [0.29, 0.717) is 6.61 Å². The Kier molecular flexibility index (Phi) is 2.10. The molecule has 15 heavy (non-hydrogen) atoms. The molecular formula is C10H9BrN2OS. The first kappa shape index (κ1) is 9.42. The van der Waals surface area contributed by atoms with E-state index in [2.05, 4.69) is 25.9 Å². The Morgan fingerprint density at radius 3 is 3.27 bits per heavy atom. The maximum absolute atomic E-state index is 5.62. The Hall–Kier alpha value is -0.810. The Balaban J connectivity index is 2.02. The highest BCUT2D eigenvalue weighted by molar-refractivity contribution is 9.11. The van der Waals surface area contributed by atoms with Crippen LogP contribution in [-0.4, -0.2) is 16.6 Å². The highest BCUT2D eigenvalue weighted by atomic mass is 79.9. The van der Waals surface area contributed by atoms with Crippen LogP contribution in [0.25, 0.3) is 0 Å². The lowest BCUT2D eigenvalue weighted by atomic mass is 10.1. The molecule has 0 saturated heterocycles. The second-order valence-corrected chi connectivity index (χ2v) is 6.06. The first-order chi connectivity index (χ1) is 7.24. The smallest absolute Gasteiger partial charge is 0.135 e. The lowest BCUT2D eigenvalue weighted by Gasteiger charge is -2.02. The lowest BCUT2D eigenvalue weighted by molar-refractivity contribution is 0.340. The number of imidazole rings is 1. The van der Waals surface area contributed by atoms with Crippen LogP contribution in [0.2, 0.25) is 0 Å². The third-order valence-corrected chi connectivity index (χ3v) is 4.20. The van der Waals surface area contributed by atoms with E-state index in [0.717, 1.165) is 21.1 Å². The van der Waals surface area contributed by atoms with Gasteiger partial charge in [-0.05, 0) is 22.9 Å².